The maximum Gasteiger partial charge on any atom is 0.259 e. The Morgan fingerprint density at radius 2 is 1.57 bits per heavy atom. The van der Waals surface area contributed by atoms with Crippen LogP contribution in [-0.2, 0) is 24.0 Å². The quantitative estimate of drug-likeness (QED) is 0.262. The molecule has 0 aromatic carbocycles. The van der Waals surface area contributed by atoms with E-state index in [1.165, 1.54) is 6.92 Å². The van der Waals surface area contributed by atoms with Gasteiger partial charge in [-0.3, -0.25) is 28.9 Å². The number of hydrogen-bond acceptors (Lipinski definition) is 7. The van der Waals surface area contributed by atoms with E-state index in [0.717, 1.165) is 0 Å². The maximum absolute atomic E-state index is 13.6. The highest BCUT2D eigenvalue weighted by Crippen LogP contribution is 2.37. The Morgan fingerprint density at radius 3 is 1.94 bits per heavy atom. The van der Waals surface area contributed by atoms with Gasteiger partial charge < -0.3 is 21.9 Å². The zero-order chi connectivity index (χ0) is 27.7. The zero-order valence-corrected chi connectivity index (χ0v) is 22.6. The van der Waals surface area contributed by atoms with E-state index in [0.29, 0.717) is 24.2 Å². The third-order valence-electron chi connectivity index (χ3n) is 6.46. The first kappa shape index (κ1) is 32.7. The molecule has 0 saturated heterocycles. The van der Waals surface area contributed by atoms with Crippen LogP contribution in [0.1, 0.15) is 81.1 Å². The molecule has 0 aliphatic carbocycles. The molecule has 0 rings (SSSR count). The summed E-state index contributed by atoms with van der Waals surface area (Å²) in [5.74, 6) is -5.94. The standard InChI is InChI=1S/C25H46N4O6/c1-9-11-25(24(27)35,20(15(5)6)17(8)30)29(23(34)21(32)16(7)10-2)19(31)13-28-22(33)18(26)12-14(3)4/h14-16,18,20-21,32H,9-13,26H2,1-8H3,(H2,27,35)(H,28,33)/t16?,18-,20?,21?,25-/m0/s1. The number of primary amides is 1. The van der Waals surface area contributed by atoms with Crippen LogP contribution in [0.15, 0.2) is 0 Å². The predicted molar refractivity (Wildman–Crippen MR) is 134 cm³/mol. The molecule has 3 unspecified atom stereocenters. The second-order valence-electron chi connectivity index (χ2n) is 10.2. The molecule has 35 heavy (non-hydrogen) atoms. The SMILES string of the molecule is CCC[C@@](C(N)=O)(C(C(C)=O)C(C)C)N(C(=O)CNC(=O)[C@@H](N)CC(C)C)C(=O)C(O)C(C)CC. The molecule has 0 aromatic heterocycles. The molecular formula is C25H46N4O6. The van der Waals surface area contributed by atoms with Crippen molar-refractivity contribution in [2.45, 2.75) is 98.8 Å². The lowest BCUT2D eigenvalue weighted by molar-refractivity contribution is -0.170. The Labute approximate surface area is 209 Å². The van der Waals surface area contributed by atoms with E-state index in [4.69, 9.17) is 11.5 Å². The van der Waals surface area contributed by atoms with Gasteiger partial charge in [0, 0.05) is 0 Å². The van der Waals surface area contributed by atoms with E-state index in [2.05, 4.69) is 5.32 Å². The fraction of sp³-hybridized carbons (Fsp3) is 0.800. The van der Waals surface area contributed by atoms with E-state index in [-0.39, 0.29) is 12.3 Å². The number of ketones is 1. The van der Waals surface area contributed by atoms with Gasteiger partial charge in [0.2, 0.25) is 17.7 Å². The number of hydrogen-bond donors (Lipinski definition) is 4. The molecular weight excluding hydrogens is 452 g/mol. The Balaban J connectivity index is 6.70. The van der Waals surface area contributed by atoms with Gasteiger partial charge in [-0.25, -0.2) is 0 Å². The number of carbonyl (C=O) groups is 5. The molecule has 0 aromatic rings. The van der Waals surface area contributed by atoms with Crippen molar-refractivity contribution in [3.63, 3.8) is 0 Å². The molecule has 0 spiro atoms. The van der Waals surface area contributed by atoms with Crippen LogP contribution in [0.2, 0.25) is 0 Å². The lowest BCUT2D eigenvalue weighted by atomic mass is 9.70. The summed E-state index contributed by atoms with van der Waals surface area (Å²) in [4.78, 5) is 66.1. The minimum absolute atomic E-state index is 0.0731. The first-order valence-corrected chi connectivity index (χ1v) is 12.5. The van der Waals surface area contributed by atoms with Crippen molar-refractivity contribution in [3.05, 3.63) is 0 Å². The van der Waals surface area contributed by atoms with Gasteiger partial charge >= 0.3 is 0 Å². The van der Waals surface area contributed by atoms with Gasteiger partial charge in [-0.15, -0.1) is 0 Å². The number of nitrogens with two attached hydrogens (primary N) is 2. The van der Waals surface area contributed by atoms with Gasteiger partial charge in [-0.2, -0.15) is 0 Å². The van der Waals surface area contributed by atoms with Crippen molar-refractivity contribution in [2.75, 3.05) is 6.54 Å². The minimum Gasteiger partial charge on any atom is -0.383 e. The number of rotatable bonds is 15. The Kier molecular flexibility index (Phi) is 13.3. The van der Waals surface area contributed by atoms with Crippen LogP contribution in [0.25, 0.3) is 0 Å². The molecule has 4 amide bonds. The summed E-state index contributed by atoms with van der Waals surface area (Å²) < 4.78 is 0. The van der Waals surface area contributed by atoms with Crippen LogP contribution in [0.5, 0.6) is 0 Å². The first-order chi connectivity index (χ1) is 16.1. The Hall–Kier alpha value is -2.33. The molecule has 0 fully saturated rings. The van der Waals surface area contributed by atoms with Crippen LogP contribution in [0.3, 0.4) is 0 Å². The normalized spacial score (nSPS) is 16.7. The Morgan fingerprint density at radius 1 is 1.03 bits per heavy atom. The van der Waals surface area contributed by atoms with Crippen LogP contribution >= 0.6 is 0 Å². The molecule has 0 bridgehead atoms. The highest BCUT2D eigenvalue weighted by Gasteiger charge is 2.56. The van der Waals surface area contributed by atoms with Gasteiger partial charge in [0.1, 0.15) is 17.4 Å². The number of nitrogens with zero attached hydrogens (tertiary/aromatic N) is 1. The van der Waals surface area contributed by atoms with Crippen LogP contribution < -0.4 is 16.8 Å². The van der Waals surface area contributed by atoms with Crippen molar-refractivity contribution >= 4 is 29.4 Å². The molecule has 0 aliphatic heterocycles. The van der Waals surface area contributed by atoms with E-state index in [9.17, 15) is 29.1 Å². The lowest BCUT2D eigenvalue weighted by Gasteiger charge is -2.47. The van der Waals surface area contributed by atoms with Gasteiger partial charge in [-0.05, 0) is 37.5 Å². The van der Waals surface area contributed by atoms with E-state index < -0.39 is 71.4 Å². The molecule has 10 nitrogen and oxygen atoms in total. The van der Waals surface area contributed by atoms with Crippen molar-refractivity contribution < 1.29 is 29.1 Å². The fourth-order valence-corrected chi connectivity index (χ4v) is 4.66. The summed E-state index contributed by atoms with van der Waals surface area (Å²) in [7, 11) is 0. The average Bonchev–Trinajstić information content (AvgIpc) is 2.74. The summed E-state index contributed by atoms with van der Waals surface area (Å²) in [6.45, 7) is 13.0. The summed E-state index contributed by atoms with van der Waals surface area (Å²) >= 11 is 0. The monoisotopic (exact) mass is 498 g/mol. The second kappa shape index (κ2) is 14.3. The summed E-state index contributed by atoms with van der Waals surface area (Å²) in [6, 6.07) is -0.866. The highest BCUT2D eigenvalue weighted by atomic mass is 16.3. The lowest BCUT2D eigenvalue weighted by Crippen LogP contribution is -2.70. The predicted octanol–water partition coefficient (Wildman–Crippen LogP) is 1.12. The van der Waals surface area contributed by atoms with Crippen LogP contribution in [-0.4, -0.2) is 63.6 Å². The van der Waals surface area contributed by atoms with Gasteiger partial charge in [0.25, 0.3) is 5.91 Å². The molecule has 6 N–H and O–H groups in total. The summed E-state index contributed by atoms with van der Waals surface area (Å²) in [6.07, 6.45) is -0.556. The van der Waals surface area contributed by atoms with Gasteiger partial charge in [0.05, 0.1) is 18.5 Å². The molecule has 5 atom stereocenters. The number of imide groups is 1. The highest BCUT2D eigenvalue weighted by molar-refractivity contribution is 6.07. The second-order valence-corrected chi connectivity index (χ2v) is 10.2. The largest absolute Gasteiger partial charge is 0.383 e. The number of aliphatic hydroxyl groups excluding tert-OH is 1. The average molecular weight is 499 g/mol. The van der Waals surface area contributed by atoms with E-state index in [1.807, 2.05) is 13.8 Å². The van der Waals surface area contributed by atoms with Crippen molar-refractivity contribution in [3.8, 4) is 0 Å². The van der Waals surface area contributed by atoms with Crippen molar-refractivity contribution in [2.24, 2.45) is 35.1 Å². The zero-order valence-electron chi connectivity index (χ0n) is 22.6. The maximum atomic E-state index is 13.6. The number of Topliss-reactive ketones (excluding diaryl/α,β-unsaturated/α-hetero) is 1. The Bertz CT molecular complexity index is 769. The molecule has 0 aliphatic rings. The third-order valence-corrected chi connectivity index (χ3v) is 6.46. The molecule has 0 saturated carbocycles. The molecule has 0 heterocycles. The van der Waals surface area contributed by atoms with E-state index in [1.54, 1.807) is 34.6 Å². The molecule has 10 heteroatoms. The van der Waals surface area contributed by atoms with E-state index >= 15 is 0 Å². The van der Waals surface area contributed by atoms with Crippen LogP contribution in [0, 0.1) is 23.7 Å². The van der Waals surface area contributed by atoms with Crippen molar-refractivity contribution in [1.29, 1.82) is 0 Å². The summed E-state index contributed by atoms with van der Waals surface area (Å²) in [5.41, 5.74) is 9.73. The van der Waals surface area contributed by atoms with Crippen molar-refractivity contribution in [1.82, 2.24) is 10.2 Å². The topological polar surface area (TPSA) is 173 Å². The number of nitrogens with one attached hydrogen (secondary N) is 1. The third kappa shape index (κ3) is 8.10. The number of amides is 4. The van der Waals surface area contributed by atoms with Gasteiger partial charge in [-0.1, -0.05) is 61.3 Å². The molecule has 0 radical (unpaired) electrons. The number of carbonyl (C=O) groups excluding carboxylic acids is 5. The fourth-order valence-electron chi connectivity index (χ4n) is 4.66. The molecule has 202 valence electrons. The van der Waals surface area contributed by atoms with Gasteiger partial charge in [0.15, 0.2) is 0 Å². The van der Waals surface area contributed by atoms with Crippen LogP contribution in [0.4, 0.5) is 0 Å². The summed E-state index contributed by atoms with van der Waals surface area (Å²) in [5, 5.41) is 13.2. The smallest absolute Gasteiger partial charge is 0.259 e. The first-order valence-electron chi connectivity index (χ1n) is 12.5. The number of aliphatic hydroxyl groups is 1. The minimum atomic E-state index is -2.01.